The number of nitrogens with two attached hydrogens (primary N) is 1. The maximum absolute atomic E-state index is 11.0. The van der Waals surface area contributed by atoms with Gasteiger partial charge in [0.1, 0.15) is 0 Å². The lowest BCUT2D eigenvalue weighted by molar-refractivity contribution is -0.140. The molecule has 7 heteroatoms. The number of carboxylic acids is 1. The Balaban J connectivity index is 2.67. The van der Waals surface area contributed by atoms with Gasteiger partial charge < -0.3 is 5.11 Å². The molecule has 0 spiro atoms. The van der Waals surface area contributed by atoms with Gasteiger partial charge in [0.2, 0.25) is 10.0 Å². The summed E-state index contributed by atoms with van der Waals surface area (Å²) < 4.78 is 22.0. The van der Waals surface area contributed by atoms with Gasteiger partial charge in [-0.25, -0.2) is 13.6 Å². The lowest BCUT2D eigenvalue weighted by atomic mass is 10.2. The fourth-order valence-corrected chi connectivity index (χ4v) is 2.45. The van der Waals surface area contributed by atoms with E-state index in [0.717, 1.165) is 4.90 Å². The molecular weight excluding hydrogens is 262 g/mol. The minimum Gasteiger partial charge on any atom is -0.481 e. The molecule has 0 saturated carbocycles. The van der Waals surface area contributed by atoms with E-state index in [1.54, 1.807) is 19.1 Å². The summed E-state index contributed by atoms with van der Waals surface area (Å²) in [6.45, 7) is 1.62. The Morgan fingerprint density at radius 2 is 1.94 bits per heavy atom. The molecule has 1 aromatic rings. The third kappa shape index (κ3) is 4.37. The predicted molar refractivity (Wildman–Crippen MR) is 65.3 cm³/mol. The smallest absolute Gasteiger partial charge is 0.307 e. The molecule has 0 heterocycles. The number of carboxylic acid groups (broad SMARTS) is 1. The summed E-state index contributed by atoms with van der Waals surface area (Å²) in [6, 6.07) is 6.03. The third-order valence-electron chi connectivity index (χ3n) is 2.07. The predicted octanol–water partition coefficient (Wildman–Crippen LogP) is 1.15. The van der Waals surface area contributed by atoms with Crippen LogP contribution in [0, 0.1) is 5.92 Å². The zero-order valence-corrected chi connectivity index (χ0v) is 10.8. The third-order valence-corrected chi connectivity index (χ3v) is 4.28. The van der Waals surface area contributed by atoms with E-state index in [0.29, 0.717) is 5.75 Å². The van der Waals surface area contributed by atoms with Gasteiger partial charge in [0.05, 0.1) is 10.8 Å². The van der Waals surface area contributed by atoms with Gasteiger partial charge in [-0.1, -0.05) is 6.92 Å². The zero-order chi connectivity index (χ0) is 13.1. The highest BCUT2D eigenvalue weighted by Gasteiger charge is 2.11. The molecule has 94 valence electrons. The fourth-order valence-electron chi connectivity index (χ4n) is 1.02. The van der Waals surface area contributed by atoms with Gasteiger partial charge in [0, 0.05) is 10.6 Å². The Labute approximate surface area is 104 Å². The van der Waals surface area contributed by atoms with Crippen molar-refractivity contribution in [2.24, 2.45) is 11.1 Å². The highest BCUT2D eigenvalue weighted by atomic mass is 32.2. The SMILES string of the molecule is CC(CSc1ccc(S(N)(=O)=O)cc1)C(=O)O. The van der Waals surface area contributed by atoms with Crippen LogP contribution in [-0.4, -0.2) is 25.2 Å². The van der Waals surface area contributed by atoms with Crippen molar-refractivity contribution < 1.29 is 18.3 Å². The summed E-state index contributed by atoms with van der Waals surface area (Å²) >= 11 is 1.36. The van der Waals surface area contributed by atoms with Crippen LogP contribution in [0.5, 0.6) is 0 Å². The molecule has 0 amide bonds. The first-order valence-electron chi connectivity index (χ1n) is 4.79. The van der Waals surface area contributed by atoms with Crippen LogP contribution in [0.25, 0.3) is 0 Å². The number of primary sulfonamides is 1. The Morgan fingerprint density at radius 1 is 1.41 bits per heavy atom. The quantitative estimate of drug-likeness (QED) is 0.785. The summed E-state index contributed by atoms with van der Waals surface area (Å²) in [4.78, 5) is 11.5. The Hall–Kier alpha value is -1.05. The van der Waals surface area contributed by atoms with Crippen molar-refractivity contribution >= 4 is 27.8 Å². The minimum atomic E-state index is -3.67. The van der Waals surface area contributed by atoms with Gasteiger partial charge in [0.15, 0.2) is 0 Å². The molecule has 0 bridgehead atoms. The van der Waals surface area contributed by atoms with Crippen LogP contribution < -0.4 is 5.14 Å². The van der Waals surface area contributed by atoms with Crippen LogP contribution in [0.1, 0.15) is 6.92 Å². The second-order valence-corrected chi connectivity index (χ2v) is 6.22. The maximum atomic E-state index is 11.0. The van der Waals surface area contributed by atoms with Gasteiger partial charge in [-0.3, -0.25) is 4.79 Å². The van der Waals surface area contributed by atoms with Crippen LogP contribution in [-0.2, 0) is 14.8 Å². The molecule has 5 nitrogen and oxygen atoms in total. The van der Waals surface area contributed by atoms with Crippen molar-refractivity contribution in [1.82, 2.24) is 0 Å². The fraction of sp³-hybridized carbons (Fsp3) is 0.300. The Bertz CT molecular complexity index is 496. The molecule has 0 radical (unpaired) electrons. The van der Waals surface area contributed by atoms with E-state index in [2.05, 4.69) is 0 Å². The number of hydrogen-bond donors (Lipinski definition) is 2. The monoisotopic (exact) mass is 275 g/mol. The number of rotatable bonds is 5. The van der Waals surface area contributed by atoms with Crippen molar-refractivity contribution in [1.29, 1.82) is 0 Å². The Kier molecular flexibility index (Phi) is 4.55. The number of sulfonamides is 1. The van der Waals surface area contributed by atoms with Gasteiger partial charge in [-0.2, -0.15) is 0 Å². The molecular formula is C10H13NO4S2. The average molecular weight is 275 g/mol. The molecule has 0 aliphatic carbocycles. The van der Waals surface area contributed by atoms with Crippen LogP contribution in [0.3, 0.4) is 0 Å². The minimum absolute atomic E-state index is 0.0492. The molecule has 1 unspecified atom stereocenters. The highest BCUT2D eigenvalue weighted by Crippen LogP contribution is 2.22. The maximum Gasteiger partial charge on any atom is 0.307 e. The lowest BCUT2D eigenvalue weighted by Gasteiger charge is -2.06. The van der Waals surface area contributed by atoms with Crippen LogP contribution >= 0.6 is 11.8 Å². The summed E-state index contributed by atoms with van der Waals surface area (Å²) in [5.41, 5.74) is 0. The van der Waals surface area contributed by atoms with Crippen LogP contribution in [0.2, 0.25) is 0 Å². The summed E-state index contributed by atoms with van der Waals surface area (Å²) in [6.07, 6.45) is 0. The summed E-state index contributed by atoms with van der Waals surface area (Å²) in [7, 11) is -3.67. The van der Waals surface area contributed by atoms with E-state index in [1.165, 1.54) is 23.9 Å². The molecule has 17 heavy (non-hydrogen) atoms. The van der Waals surface area contributed by atoms with Gasteiger partial charge in [-0.05, 0) is 24.3 Å². The largest absolute Gasteiger partial charge is 0.481 e. The summed E-state index contributed by atoms with van der Waals surface area (Å²) in [5, 5.41) is 13.7. The topological polar surface area (TPSA) is 97.5 Å². The Morgan fingerprint density at radius 3 is 2.35 bits per heavy atom. The molecule has 3 N–H and O–H groups in total. The van der Waals surface area contributed by atoms with E-state index in [4.69, 9.17) is 10.2 Å². The van der Waals surface area contributed by atoms with Crippen LogP contribution in [0.15, 0.2) is 34.1 Å². The van der Waals surface area contributed by atoms with Crippen molar-refractivity contribution in [2.45, 2.75) is 16.7 Å². The molecule has 0 aliphatic rings. The lowest BCUT2D eigenvalue weighted by Crippen LogP contribution is -2.12. The van der Waals surface area contributed by atoms with Crippen molar-refractivity contribution in [3.63, 3.8) is 0 Å². The number of benzene rings is 1. The highest BCUT2D eigenvalue weighted by molar-refractivity contribution is 7.99. The molecule has 1 rings (SSSR count). The number of thioether (sulfide) groups is 1. The van der Waals surface area contributed by atoms with Gasteiger partial charge in [-0.15, -0.1) is 11.8 Å². The first-order valence-corrected chi connectivity index (χ1v) is 7.32. The van der Waals surface area contributed by atoms with Crippen LogP contribution in [0.4, 0.5) is 0 Å². The normalized spacial score (nSPS) is 13.3. The summed E-state index contributed by atoms with van der Waals surface area (Å²) in [5.74, 6) is -0.860. The van der Waals surface area contributed by atoms with Gasteiger partial charge >= 0.3 is 5.97 Å². The van der Waals surface area contributed by atoms with E-state index in [1.807, 2.05) is 0 Å². The van der Waals surface area contributed by atoms with E-state index < -0.39 is 21.9 Å². The molecule has 1 atom stereocenters. The van der Waals surface area contributed by atoms with E-state index in [-0.39, 0.29) is 4.90 Å². The molecule has 1 aromatic carbocycles. The van der Waals surface area contributed by atoms with Crippen molar-refractivity contribution in [3.8, 4) is 0 Å². The van der Waals surface area contributed by atoms with Crippen molar-refractivity contribution in [2.75, 3.05) is 5.75 Å². The molecule has 0 fully saturated rings. The van der Waals surface area contributed by atoms with E-state index >= 15 is 0 Å². The number of carbonyl (C=O) groups is 1. The van der Waals surface area contributed by atoms with Gasteiger partial charge in [0.25, 0.3) is 0 Å². The standard InChI is InChI=1S/C10H13NO4S2/c1-7(10(12)13)6-16-8-2-4-9(5-3-8)17(11,14)15/h2-5,7H,6H2,1H3,(H,12,13)(H2,11,14,15). The molecule has 0 saturated heterocycles. The first kappa shape index (κ1) is 14.0. The number of aliphatic carboxylic acids is 1. The molecule has 0 aromatic heterocycles. The van der Waals surface area contributed by atoms with E-state index in [9.17, 15) is 13.2 Å². The second kappa shape index (κ2) is 5.52. The first-order chi connectivity index (χ1) is 7.80. The number of hydrogen-bond acceptors (Lipinski definition) is 4. The second-order valence-electron chi connectivity index (χ2n) is 3.57. The molecule has 0 aliphatic heterocycles. The average Bonchev–Trinajstić information content (AvgIpc) is 2.25. The van der Waals surface area contributed by atoms with Crippen molar-refractivity contribution in [3.05, 3.63) is 24.3 Å². The zero-order valence-electron chi connectivity index (χ0n) is 9.16.